The third-order valence-corrected chi connectivity index (χ3v) is 6.06. The number of rotatable bonds is 6. The van der Waals surface area contributed by atoms with Gasteiger partial charge in [0, 0.05) is 30.2 Å². The second-order valence-corrected chi connectivity index (χ2v) is 10.5. The van der Waals surface area contributed by atoms with Crippen LogP contribution in [0, 0.1) is 10.7 Å². The molecule has 1 N–H and O–H groups in total. The molecular formula is C26H27F4N7O5. The Morgan fingerprint density at radius 3 is 2.52 bits per heavy atom. The predicted molar refractivity (Wildman–Crippen MR) is 141 cm³/mol. The van der Waals surface area contributed by atoms with Crippen molar-refractivity contribution in [2.45, 2.75) is 64.5 Å². The summed E-state index contributed by atoms with van der Waals surface area (Å²) in [6.45, 7) is 8.01. The zero-order chi connectivity index (χ0) is 30.9. The summed E-state index contributed by atoms with van der Waals surface area (Å²) in [5.74, 6) is -0.457. The van der Waals surface area contributed by atoms with Crippen LogP contribution in [0.4, 0.5) is 28.2 Å². The third kappa shape index (κ3) is 6.80. The highest BCUT2D eigenvalue weighted by Crippen LogP contribution is 2.42. The molecule has 0 aliphatic carbocycles. The highest BCUT2D eigenvalue weighted by molar-refractivity contribution is 5.91. The first-order valence-electron chi connectivity index (χ1n) is 12.7. The average molecular weight is 594 g/mol. The summed E-state index contributed by atoms with van der Waals surface area (Å²) in [4.78, 5) is 35.6. The Bertz CT molecular complexity index is 1490. The second kappa shape index (κ2) is 11.3. The first-order valence-corrected chi connectivity index (χ1v) is 12.7. The van der Waals surface area contributed by atoms with Crippen molar-refractivity contribution < 1.29 is 36.4 Å². The number of ether oxygens (including phenoxy) is 2. The molecule has 0 bridgehead atoms. The molecule has 2 atom stereocenters. The smallest absolute Gasteiger partial charge is 0.425 e. The molecule has 3 aromatic rings. The number of amidine groups is 1. The summed E-state index contributed by atoms with van der Waals surface area (Å²) in [6, 6.07) is 4.43. The van der Waals surface area contributed by atoms with E-state index in [-0.39, 0.29) is 34.9 Å². The Morgan fingerprint density at radius 1 is 1.19 bits per heavy atom. The van der Waals surface area contributed by atoms with Crippen LogP contribution in [-0.4, -0.2) is 51.7 Å². The summed E-state index contributed by atoms with van der Waals surface area (Å²) >= 11 is 0. The van der Waals surface area contributed by atoms with Gasteiger partial charge in [-0.25, -0.2) is 34.5 Å². The van der Waals surface area contributed by atoms with Gasteiger partial charge in [-0.05, 0) is 52.8 Å². The van der Waals surface area contributed by atoms with E-state index >= 15 is 4.39 Å². The Labute approximate surface area is 237 Å². The van der Waals surface area contributed by atoms with Crippen molar-refractivity contribution in [3.8, 4) is 22.7 Å². The number of halogens is 4. The Balaban J connectivity index is 1.67. The maximum absolute atomic E-state index is 15.2. The van der Waals surface area contributed by atoms with Gasteiger partial charge < -0.3 is 14.0 Å². The number of alkyl carbamates (subject to hydrolysis) is 1. The van der Waals surface area contributed by atoms with E-state index in [2.05, 4.69) is 30.7 Å². The van der Waals surface area contributed by atoms with Gasteiger partial charge in [0.15, 0.2) is 17.7 Å². The monoisotopic (exact) mass is 593 g/mol. The number of carbonyl (C=O) groups is 1. The third-order valence-electron chi connectivity index (χ3n) is 6.06. The van der Waals surface area contributed by atoms with E-state index in [4.69, 9.17) is 14.0 Å². The Kier molecular flexibility index (Phi) is 8.18. The van der Waals surface area contributed by atoms with E-state index in [1.54, 1.807) is 27.7 Å². The summed E-state index contributed by atoms with van der Waals surface area (Å²) in [5, 5.41) is 9.98. The van der Waals surface area contributed by atoms with Crippen molar-refractivity contribution in [3.05, 3.63) is 52.9 Å². The lowest BCUT2D eigenvalue weighted by molar-refractivity contribution is -0.208. The summed E-state index contributed by atoms with van der Waals surface area (Å²) < 4.78 is 72.1. The zero-order valence-corrected chi connectivity index (χ0v) is 23.2. The predicted octanol–water partition coefficient (Wildman–Crippen LogP) is 5.89. The molecule has 3 heterocycles. The molecule has 1 aliphatic heterocycles. The summed E-state index contributed by atoms with van der Waals surface area (Å²) in [5.41, 5.74) is -2.13. The van der Waals surface area contributed by atoms with Gasteiger partial charge in [-0.15, -0.1) is 4.91 Å². The molecule has 12 nitrogen and oxygen atoms in total. The molecule has 42 heavy (non-hydrogen) atoms. The van der Waals surface area contributed by atoms with Crippen LogP contribution < -0.4 is 10.3 Å². The van der Waals surface area contributed by atoms with Gasteiger partial charge in [0.1, 0.15) is 22.8 Å². The molecule has 0 saturated carbocycles. The number of amides is 1. The molecule has 4 rings (SSSR count). The highest BCUT2D eigenvalue weighted by Gasteiger charge is 2.50. The van der Waals surface area contributed by atoms with E-state index in [9.17, 15) is 22.9 Å². The molecule has 0 radical (unpaired) electrons. The number of alkyl halides is 3. The number of nitroso groups, excluding NO2 is 1. The quantitative estimate of drug-likeness (QED) is 0.210. The van der Waals surface area contributed by atoms with Crippen molar-refractivity contribution in [1.29, 1.82) is 0 Å². The lowest BCUT2D eigenvalue weighted by atomic mass is 9.84. The summed E-state index contributed by atoms with van der Waals surface area (Å²) in [6.07, 6.45) is -6.42. The first kappa shape index (κ1) is 30.3. The van der Waals surface area contributed by atoms with Crippen LogP contribution in [0.3, 0.4) is 0 Å². The molecule has 0 saturated heterocycles. The second-order valence-electron chi connectivity index (χ2n) is 10.5. The first-order chi connectivity index (χ1) is 19.6. The van der Waals surface area contributed by atoms with Crippen molar-refractivity contribution in [3.63, 3.8) is 0 Å². The van der Waals surface area contributed by atoms with E-state index in [1.807, 2.05) is 0 Å². The molecule has 2 aromatic heterocycles. The van der Waals surface area contributed by atoms with E-state index < -0.39 is 47.8 Å². The van der Waals surface area contributed by atoms with Crippen molar-refractivity contribution in [2.24, 2.45) is 10.3 Å². The van der Waals surface area contributed by atoms with Crippen LogP contribution in [0.5, 0.6) is 0 Å². The topological polar surface area (TPSA) is 144 Å². The Morgan fingerprint density at radius 2 is 1.93 bits per heavy atom. The number of anilines is 1. The van der Waals surface area contributed by atoms with Crippen molar-refractivity contribution >= 4 is 17.9 Å². The number of hydrogen-bond acceptors (Lipinski definition) is 10. The SMILES string of the molecule is CCN(N=O)c1cnc(-c2cc(-c3ccc(F)c([C@]4(C)C[C@@H](C(F)(F)F)OC(NC(=O)OC(C)(C)C)=N4)c3)on2)cn1. The van der Waals surface area contributed by atoms with Gasteiger partial charge in [0.25, 0.3) is 6.02 Å². The minimum absolute atomic E-state index is 0.154. The molecular weight excluding hydrogens is 566 g/mol. The average Bonchev–Trinajstić information content (AvgIpc) is 3.38. The fourth-order valence-corrected chi connectivity index (χ4v) is 4.11. The maximum atomic E-state index is 15.2. The van der Waals surface area contributed by atoms with Gasteiger partial charge in [0.2, 0.25) is 0 Å². The van der Waals surface area contributed by atoms with Gasteiger partial charge in [-0.3, -0.25) is 0 Å². The van der Waals surface area contributed by atoms with Crippen molar-refractivity contribution in [1.82, 2.24) is 20.4 Å². The van der Waals surface area contributed by atoms with Gasteiger partial charge >= 0.3 is 12.3 Å². The number of hydrogen-bond donors (Lipinski definition) is 1. The van der Waals surface area contributed by atoms with Crippen LogP contribution in [0.15, 0.2) is 51.5 Å². The fourth-order valence-electron chi connectivity index (χ4n) is 4.11. The summed E-state index contributed by atoms with van der Waals surface area (Å²) in [7, 11) is 0. The highest BCUT2D eigenvalue weighted by atomic mass is 19.4. The largest absolute Gasteiger partial charge is 0.452 e. The zero-order valence-electron chi connectivity index (χ0n) is 23.2. The molecule has 0 unspecified atom stereocenters. The molecule has 0 spiro atoms. The molecule has 0 fully saturated rings. The number of aliphatic imine (C=N–C) groups is 1. The molecule has 1 aliphatic rings. The normalized spacial score (nSPS) is 19.0. The van der Waals surface area contributed by atoms with Crippen molar-refractivity contribution in [2.75, 3.05) is 11.6 Å². The Hall–Kier alpha value is -4.63. The van der Waals surface area contributed by atoms with Crippen LogP contribution in [0.2, 0.25) is 0 Å². The number of nitrogens with zero attached hydrogens (tertiary/aromatic N) is 6. The lowest BCUT2D eigenvalue weighted by Crippen LogP contribution is -2.49. The van der Waals surface area contributed by atoms with E-state index in [0.717, 1.165) is 11.1 Å². The van der Waals surface area contributed by atoms with Crippen LogP contribution in [0.25, 0.3) is 22.7 Å². The maximum Gasteiger partial charge on any atom is 0.425 e. The van der Waals surface area contributed by atoms with Crippen LogP contribution in [0.1, 0.15) is 46.6 Å². The molecule has 1 amide bonds. The fraction of sp³-hybridized carbons (Fsp3) is 0.423. The minimum Gasteiger partial charge on any atom is -0.452 e. The van der Waals surface area contributed by atoms with Crippen LogP contribution in [-0.2, 0) is 15.0 Å². The number of benzene rings is 1. The number of aromatic nitrogens is 3. The van der Waals surface area contributed by atoms with Gasteiger partial charge in [-0.2, -0.15) is 13.2 Å². The molecule has 1 aromatic carbocycles. The van der Waals surface area contributed by atoms with Gasteiger partial charge in [0.05, 0.1) is 23.2 Å². The standard InChI is InChI=1S/C26H27F4N7O5/c1-6-37(36-39)21-13-31-18(12-32-21)17-10-19(42-35-17)14-7-8-16(27)15(9-14)25(5)11-20(26(28,29)30)40-22(34-25)33-23(38)41-24(2,3)4/h7-10,12-13,20H,6,11H2,1-5H3,(H,33,34,38)/t20-,25-/m0/s1. The van der Waals surface area contributed by atoms with E-state index in [0.29, 0.717) is 5.69 Å². The minimum atomic E-state index is -4.85. The number of carbonyl (C=O) groups excluding carboxylic acids is 1. The molecule has 224 valence electrons. The number of nitrogens with one attached hydrogen (secondary N) is 1. The lowest BCUT2D eigenvalue weighted by Gasteiger charge is -2.37. The van der Waals surface area contributed by atoms with Crippen LogP contribution >= 0.6 is 0 Å². The molecule has 16 heteroatoms. The van der Waals surface area contributed by atoms with E-state index in [1.165, 1.54) is 37.5 Å². The van der Waals surface area contributed by atoms with Gasteiger partial charge in [-0.1, -0.05) is 5.16 Å².